The molecule has 0 unspecified atom stereocenters. The average molecular weight is 318 g/mol. The summed E-state index contributed by atoms with van der Waals surface area (Å²) in [6.07, 6.45) is 4.09. The van der Waals surface area contributed by atoms with Gasteiger partial charge in [0.15, 0.2) is 0 Å². The van der Waals surface area contributed by atoms with E-state index in [1.54, 1.807) is 18.3 Å². The fourth-order valence-electron chi connectivity index (χ4n) is 1.62. The number of nitro benzene ring substituents is 1. The van der Waals surface area contributed by atoms with E-state index in [9.17, 15) is 10.1 Å². The summed E-state index contributed by atoms with van der Waals surface area (Å²) in [6, 6.07) is 6.03. The van der Waals surface area contributed by atoms with Gasteiger partial charge in [0, 0.05) is 12.1 Å². The first-order valence-electron chi connectivity index (χ1n) is 6.45. The Morgan fingerprint density at radius 2 is 2.14 bits per heavy atom. The monoisotopic (exact) mass is 318 g/mol. The molecule has 2 rings (SSSR count). The van der Waals surface area contributed by atoms with Crippen molar-refractivity contribution in [3.8, 4) is 0 Å². The minimum absolute atomic E-state index is 0.0369. The van der Waals surface area contributed by atoms with Crippen LogP contribution >= 0.6 is 11.8 Å². The van der Waals surface area contributed by atoms with Crippen molar-refractivity contribution in [2.75, 3.05) is 11.7 Å². The number of rotatable bonds is 6. The number of hydrogen-bond donors (Lipinski definition) is 1. The zero-order valence-corrected chi connectivity index (χ0v) is 12.9. The fraction of sp³-hybridized carbons (Fsp3) is 0.231. The van der Waals surface area contributed by atoms with Gasteiger partial charge in [-0.25, -0.2) is 4.98 Å². The standard InChI is InChI=1S/C13H14N6O2S/c1-3-11(12-8-14-18-13(15-12)22-2)17-16-9-4-6-10(7-5-9)19(20)21/h4-8,16H,3H2,1-2H3/b17-11+. The highest BCUT2D eigenvalue weighted by atomic mass is 32.2. The van der Waals surface area contributed by atoms with Crippen molar-refractivity contribution in [1.29, 1.82) is 0 Å². The third-order valence-electron chi connectivity index (χ3n) is 2.75. The predicted octanol–water partition coefficient (Wildman–Crippen LogP) is 2.73. The molecule has 1 heterocycles. The van der Waals surface area contributed by atoms with Gasteiger partial charge in [0.25, 0.3) is 5.69 Å². The minimum Gasteiger partial charge on any atom is -0.278 e. The molecule has 2 aromatic rings. The van der Waals surface area contributed by atoms with Gasteiger partial charge in [-0.2, -0.15) is 10.2 Å². The number of non-ortho nitro benzene ring substituents is 1. The molecule has 9 heteroatoms. The lowest BCUT2D eigenvalue weighted by atomic mass is 10.2. The normalized spacial score (nSPS) is 11.3. The van der Waals surface area contributed by atoms with Crippen molar-refractivity contribution in [3.63, 3.8) is 0 Å². The van der Waals surface area contributed by atoms with E-state index < -0.39 is 4.92 Å². The minimum atomic E-state index is -0.443. The number of hydrogen-bond acceptors (Lipinski definition) is 8. The van der Waals surface area contributed by atoms with Crippen LogP contribution in [0.3, 0.4) is 0 Å². The third kappa shape index (κ3) is 3.98. The molecule has 1 aromatic heterocycles. The maximum atomic E-state index is 10.6. The van der Waals surface area contributed by atoms with Gasteiger partial charge in [0.2, 0.25) is 5.16 Å². The molecular weight excluding hydrogens is 304 g/mol. The number of nitrogens with zero attached hydrogens (tertiary/aromatic N) is 5. The quantitative estimate of drug-likeness (QED) is 0.377. The van der Waals surface area contributed by atoms with Crippen molar-refractivity contribution in [2.24, 2.45) is 5.10 Å². The summed E-state index contributed by atoms with van der Waals surface area (Å²) in [4.78, 5) is 14.5. The van der Waals surface area contributed by atoms with Crippen LogP contribution in [0.1, 0.15) is 19.0 Å². The molecule has 0 bridgehead atoms. The molecule has 0 fully saturated rings. The molecule has 0 atom stereocenters. The van der Waals surface area contributed by atoms with E-state index in [1.165, 1.54) is 23.9 Å². The summed E-state index contributed by atoms with van der Waals surface area (Å²) in [5.74, 6) is 0. The van der Waals surface area contributed by atoms with Gasteiger partial charge in [-0.1, -0.05) is 18.7 Å². The smallest absolute Gasteiger partial charge is 0.269 e. The molecule has 22 heavy (non-hydrogen) atoms. The van der Waals surface area contributed by atoms with Gasteiger partial charge in [0.1, 0.15) is 5.69 Å². The van der Waals surface area contributed by atoms with Gasteiger partial charge in [-0.3, -0.25) is 15.5 Å². The van der Waals surface area contributed by atoms with E-state index in [4.69, 9.17) is 0 Å². The Bertz CT molecular complexity index is 689. The Morgan fingerprint density at radius 3 is 2.73 bits per heavy atom. The molecule has 1 N–H and O–H groups in total. The van der Waals surface area contributed by atoms with E-state index >= 15 is 0 Å². The van der Waals surface area contributed by atoms with Crippen LogP contribution in [0.5, 0.6) is 0 Å². The number of nitro groups is 1. The van der Waals surface area contributed by atoms with E-state index in [0.717, 1.165) is 5.71 Å². The van der Waals surface area contributed by atoms with Crippen LogP contribution < -0.4 is 5.43 Å². The van der Waals surface area contributed by atoms with Crippen molar-refractivity contribution >= 4 is 28.8 Å². The summed E-state index contributed by atoms with van der Waals surface area (Å²) in [5.41, 5.74) is 4.94. The maximum Gasteiger partial charge on any atom is 0.269 e. The lowest BCUT2D eigenvalue weighted by Crippen LogP contribution is -2.08. The first kappa shape index (κ1) is 15.8. The SMILES string of the molecule is CC/C(=N\Nc1ccc([N+](=O)[O-])cc1)c1cnnc(SC)n1. The lowest BCUT2D eigenvalue weighted by molar-refractivity contribution is -0.384. The van der Waals surface area contributed by atoms with Crippen LogP contribution in [0.4, 0.5) is 11.4 Å². The van der Waals surface area contributed by atoms with Crippen LogP contribution in [0, 0.1) is 10.1 Å². The van der Waals surface area contributed by atoms with Gasteiger partial charge in [-0.05, 0) is 24.8 Å². The Hall–Kier alpha value is -2.55. The molecule has 0 amide bonds. The van der Waals surface area contributed by atoms with Crippen molar-refractivity contribution in [1.82, 2.24) is 15.2 Å². The highest BCUT2D eigenvalue weighted by Crippen LogP contribution is 2.16. The molecule has 0 aliphatic heterocycles. The highest BCUT2D eigenvalue weighted by molar-refractivity contribution is 7.98. The van der Waals surface area contributed by atoms with Crippen LogP contribution in [0.25, 0.3) is 0 Å². The van der Waals surface area contributed by atoms with Crippen molar-refractivity contribution in [3.05, 3.63) is 46.3 Å². The van der Waals surface area contributed by atoms with Gasteiger partial charge >= 0.3 is 0 Å². The van der Waals surface area contributed by atoms with Crippen LogP contribution in [0.2, 0.25) is 0 Å². The summed E-state index contributed by atoms with van der Waals surface area (Å²) in [5, 5.41) is 23.2. The number of hydrazone groups is 1. The summed E-state index contributed by atoms with van der Waals surface area (Å²) >= 11 is 1.41. The maximum absolute atomic E-state index is 10.6. The molecule has 0 aliphatic rings. The average Bonchev–Trinajstić information content (AvgIpc) is 2.56. The molecule has 1 aromatic carbocycles. The molecule has 114 valence electrons. The first-order valence-corrected chi connectivity index (χ1v) is 7.67. The Morgan fingerprint density at radius 1 is 1.41 bits per heavy atom. The topological polar surface area (TPSA) is 106 Å². The van der Waals surface area contributed by atoms with Crippen LogP contribution in [0.15, 0.2) is 40.7 Å². The second-order valence-electron chi connectivity index (χ2n) is 4.16. The molecule has 8 nitrogen and oxygen atoms in total. The third-order valence-corrected chi connectivity index (χ3v) is 3.29. The number of anilines is 1. The summed E-state index contributed by atoms with van der Waals surface area (Å²) in [6.45, 7) is 1.96. The molecular formula is C13H14N6O2S. The number of thioether (sulfide) groups is 1. The van der Waals surface area contributed by atoms with Gasteiger partial charge in [0.05, 0.1) is 22.5 Å². The van der Waals surface area contributed by atoms with Crippen LogP contribution in [-0.4, -0.2) is 32.1 Å². The Labute approximate surface area is 131 Å². The molecule has 0 aliphatic carbocycles. The Balaban J connectivity index is 2.16. The zero-order valence-electron chi connectivity index (χ0n) is 12.1. The van der Waals surface area contributed by atoms with E-state index in [2.05, 4.69) is 25.7 Å². The fourth-order valence-corrected chi connectivity index (χ4v) is 1.94. The van der Waals surface area contributed by atoms with Crippen molar-refractivity contribution < 1.29 is 4.92 Å². The molecule has 0 saturated heterocycles. The van der Waals surface area contributed by atoms with Gasteiger partial charge < -0.3 is 0 Å². The zero-order chi connectivity index (χ0) is 15.9. The number of nitrogens with one attached hydrogen (secondary N) is 1. The molecule has 0 radical (unpaired) electrons. The largest absolute Gasteiger partial charge is 0.278 e. The van der Waals surface area contributed by atoms with E-state index in [0.29, 0.717) is 23.0 Å². The Kier molecular flexibility index (Phi) is 5.37. The van der Waals surface area contributed by atoms with E-state index in [1.807, 2.05) is 13.2 Å². The first-order chi connectivity index (χ1) is 10.6. The highest BCUT2D eigenvalue weighted by Gasteiger charge is 2.07. The van der Waals surface area contributed by atoms with Crippen molar-refractivity contribution in [2.45, 2.75) is 18.5 Å². The second-order valence-corrected chi connectivity index (χ2v) is 4.93. The molecule has 0 spiro atoms. The molecule has 0 saturated carbocycles. The number of aromatic nitrogens is 3. The second kappa shape index (κ2) is 7.46. The lowest BCUT2D eigenvalue weighted by Gasteiger charge is -2.05. The van der Waals surface area contributed by atoms with Gasteiger partial charge in [-0.15, -0.1) is 5.10 Å². The van der Waals surface area contributed by atoms with E-state index in [-0.39, 0.29) is 5.69 Å². The number of benzene rings is 1. The summed E-state index contributed by atoms with van der Waals surface area (Å²) in [7, 11) is 0. The van der Waals surface area contributed by atoms with Crippen LogP contribution in [-0.2, 0) is 0 Å². The summed E-state index contributed by atoms with van der Waals surface area (Å²) < 4.78 is 0. The predicted molar refractivity (Wildman–Crippen MR) is 85.2 cm³/mol.